The lowest BCUT2D eigenvalue weighted by Gasteiger charge is -2.21. The first-order chi connectivity index (χ1) is 13.4. The molecule has 0 amide bonds. The Labute approximate surface area is 190 Å². The number of aryl methyl sites for hydroxylation is 2. The van der Waals surface area contributed by atoms with E-state index in [0.29, 0.717) is 6.54 Å². The molecule has 0 bridgehead atoms. The van der Waals surface area contributed by atoms with Gasteiger partial charge in [-0.25, -0.2) is 0 Å². The standard InChI is InChI=1S/C21H32N4O3.HI/c1-8-22-21(23-12-13(2)20-15(4)25-28-16(20)5)24-14(3)18-11-17(26-6)9-10-19(18)27-7;/h9-11,13-14H,8,12H2,1-7H3,(H2,22,23,24);1H. The van der Waals surface area contributed by atoms with Crippen molar-refractivity contribution in [1.82, 2.24) is 15.8 Å². The number of aliphatic imine (C=N–C) groups is 1. The highest BCUT2D eigenvalue weighted by atomic mass is 127. The second kappa shape index (κ2) is 11.9. The average molecular weight is 516 g/mol. The van der Waals surface area contributed by atoms with Crippen LogP contribution in [0.5, 0.6) is 11.5 Å². The summed E-state index contributed by atoms with van der Waals surface area (Å²) >= 11 is 0. The fraction of sp³-hybridized carbons (Fsp3) is 0.524. The van der Waals surface area contributed by atoms with Gasteiger partial charge in [0.25, 0.3) is 0 Å². The summed E-state index contributed by atoms with van der Waals surface area (Å²) in [5.74, 6) is 3.41. The fourth-order valence-corrected chi connectivity index (χ4v) is 3.29. The fourth-order valence-electron chi connectivity index (χ4n) is 3.29. The lowest BCUT2D eigenvalue weighted by atomic mass is 10.00. The Hall–Kier alpha value is -1.97. The van der Waals surface area contributed by atoms with Gasteiger partial charge in [0.15, 0.2) is 5.96 Å². The van der Waals surface area contributed by atoms with Crippen LogP contribution in [-0.4, -0.2) is 38.4 Å². The van der Waals surface area contributed by atoms with Crippen LogP contribution >= 0.6 is 24.0 Å². The summed E-state index contributed by atoms with van der Waals surface area (Å²) in [6.45, 7) is 11.6. The van der Waals surface area contributed by atoms with Crippen molar-refractivity contribution in [2.75, 3.05) is 27.3 Å². The van der Waals surface area contributed by atoms with Crippen molar-refractivity contribution >= 4 is 29.9 Å². The summed E-state index contributed by atoms with van der Waals surface area (Å²) in [6.07, 6.45) is 0. The molecular weight excluding hydrogens is 483 g/mol. The SMILES string of the molecule is CCNC(=NCC(C)c1c(C)noc1C)NC(C)c1cc(OC)ccc1OC.I. The van der Waals surface area contributed by atoms with Gasteiger partial charge in [0, 0.05) is 30.1 Å². The maximum absolute atomic E-state index is 5.51. The predicted octanol–water partition coefficient (Wildman–Crippen LogP) is 4.35. The van der Waals surface area contributed by atoms with Crippen LogP contribution in [0.1, 0.15) is 55.3 Å². The summed E-state index contributed by atoms with van der Waals surface area (Å²) < 4.78 is 16.1. The maximum Gasteiger partial charge on any atom is 0.191 e. The van der Waals surface area contributed by atoms with Crippen LogP contribution in [-0.2, 0) is 0 Å². The second-order valence-electron chi connectivity index (χ2n) is 6.83. The van der Waals surface area contributed by atoms with E-state index in [0.717, 1.165) is 46.6 Å². The maximum atomic E-state index is 5.51. The molecule has 0 radical (unpaired) electrons. The summed E-state index contributed by atoms with van der Waals surface area (Å²) in [6, 6.07) is 5.76. The lowest BCUT2D eigenvalue weighted by molar-refractivity contribution is 0.391. The molecule has 0 saturated heterocycles. The molecule has 0 saturated carbocycles. The zero-order valence-electron chi connectivity index (χ0n) is 18.3. The Morgan fingerprint density at radius 3 is 2.48 bits per heavy atom. The van der Waals surface area contributed by atoms with Crippen molar-refractivity contribution in [3.05, 3.63) is 40.8 Å². The summed E-state index contributed by atoms with van der Waals surface area (Å²) in [4.78, 5) is 4.77. The topological polar surface area (TPSA) is 80.9 Å². The van der Waals surface area contributed by atoms with Gasteiger partial charge in [-0.05, 0) is 45.9 Å². The van der Waals surface area contributed by atoms with E-state index in [1.54, 1.807) is 14.2 Å². The number of nitrogens with one attached hydrogen (secondary N) is 2. The first kappa shape index (κ1) is 25.1. The molecule has 1 heterocycles. The van der Waals surface area contributed by atoms with Crippen molar-refractivity contribution in [2.45, 2.75) is 46.6 Å². The third kappa shape index (κ3) is 6.52. The molecule has 2 rings (SSSR count). The van der Waals surface area contributed by atoms with Crippen LogP contribution in [0.3, 0.4) is 0 Å². The van der Waals surface area contributed by atoms with E-state index >= 15 is 0 Å². The van der Waals surface area contributed by atoms with Gasteiger partial charge in [0.1, 0.15) is 17.3 Å². The van der Waals surface area contributed by atoms with Gasteiger partial charge in [-0.15, -0.1) is 24.0 Å². The van der Waals surface area contributed by atoms with Gasteiger partial charge in [-0.3, -0.25) is 4.99 Å². The highest BCUT2D eigenvalue weighted by molar-refractivity contribution is 14.0. The van der Waals surface area contributed by atoms with Crippen LogP contribution in [0.25, 0.3) is 0 Å². The molecule has 0 aliphatic carbocycles. The van der Waals surface area contributed by atoms with Crippen molar-refractivity contribution in [3.8, 4) is 11.5 Å². The van der Waals surface area contributed by atoms with Gasteiger partial charge >= 0.3 is 0 Å². The number of methoxy groups -OCH3 is 2. The monoisotopic (exact) mass is 516 g/mol. The molecule has 2 atom stereocenters. The van der Waals surface area contributed by atoms with Crippen LogP contribution in [0.4, 0.5) is 0 Å². The molecule has 0 aliphatic rings. The number of aromatic nitrogens is 1. The zero-order valence-corrected chi connectivity index (χ0v) is 20.7. The number of hydrogen-bond acceptors (Lipinski definition) is 5. The number of halogens is 1. The van der Waals surface area contributed by atoms with E-state index in [-0.39, 0.29) is 35.9 Å². The van der Waals surface area contributed by atoms with E-state index in [2.05, 4.69) is 29.6 Å². The summed E-state index contributed by atoms with van der Waals surface area (Å²) in [5.41, 5.74) is 3.06. The normalized spacial score (nSPS) is 13.3. The molecule has 2 aromatic rings. The molecule has 2 unspecified atom stereocenters. The highest BCUT2D eigenvalue weighted by Crippen LogP contribution is 2.29. The molecular formula is C21H33IN4O3. The molecule has 7 nitrogen and oxygen atoms in total. The largest absolute Gasteiger partial charge is 0.497 e. The van der Waals surface area contributed by atoms with E-state index in [1.807, 2.05) is 39.0 Å². The van der Waals surface area contributed by atoms with Crippen molar-refractivity contribution in [3.63, 3.8) is 0 Å². The number of hydrogen-bond donors (Lipinski definition) is 2. The number of ether oxygens (including phenoxy) is 2. The third-order valence-electron chi connectivity index (χ3n) is 4.71. The Morgan fingerprint density at radius 1 is 1.21 bits per heavy atom. The van der Waals surface area contributed by atoms with E-state index in [4.69, 9.17) is 19.0 Å². The van der Waals surface area contributed by atoms with Crippen LogP contribution in [0, 0.1) is 13.8 Å². The van der Waals surface area contributed by atoms with Crippen molar-refractivity contribution in [1.29, 1.82) is 0 Å². The quantitative estimate of drug-likeness (QED) is 0.309. The zero-order chi connectivity index (χ0) is 20.7. The third-order valence-corrected chi connectivity index (χ3v) is 4.71. The number of guanidine groups is 1. The number of rotatable bonds is 8. The number of nitrogens with zero attached hydrogens (tertiary/aromatic N) is 2. The van der Waals surface area contributed by atoms with Crippen LogP contribution < -0.4 is 20.1 Å². The average Bonchev–Trinajstić information content (AvgIpc) is 3.03. The Bertz CT molecular complexity index is 788. The Balaban J connectivity index is 0.00000420. The van der Waals surface area contributed by atoms with Gasteiger partial charge < -0.3 is 24.6 Å². The molecule has 162 valence electrons. The molecule has 0 spiro atoms. The van der Waals surface area contributed by atoms with Crippen LogP contribution in [0.15, 0.2) is 27.7 Å². The molecule has 0 aliphatic heterocycles. The minimum absolute atomic E-state index is 0. The predicted molar refractivity (Wildman–Crippen MR) is 127 cm³/mol. The first-order valence-electron chi connectivity index (χ1n) is 9.60. The van der Waals surface area contributed by atoms with Gasteiger partial charge in [0.2, 0.25) is 0 Å². The van der Waals surface area contributed by atoms with Gasteiger partial charge in [0.05, 0.1) is 26.0 Å². The van der Waals surface area contributed by atoms with Gasteiger partial charge in [-0.1, -0.05) is 12.1 Å². The summed E-state index contributed by atoms with van der Waals surface area (Å²) in [5, 5.41) is 10.8. The second-order valence-corrected chi connectivity index (χ2v) is 6.83. The molecule has 1 aromatic carbocycles. The van der Waals surface area contributed by atoms with Crippen LogP contribution in [0.2, 0.25) is 0 Å². The minimum Gasteiger partial charge on any atom is -0.497 e. The highest BCUT2D eigenvalue weighted by Gasteiger charge is 2.17. The molecule has 1 aromatic heterocycles. The Morgan fingerprint density at radius 2 is 1.93 bits per heavy atom. The van der Waals surface area contributed by atoms with Crippen molar-refractivity contribution in [2.24, 2.45) is 4.99 Å². The van der Waals surface area contributed by atoms with E-state index in [1.165, 1.54) is 0 Å². The first-order valence-corrected chi connectivity index (χ1v) is 9.60. The molecule has 8 heteroatoms. The van der Waals surface area contributed by atoms with Crippen molar-refractivity contribution < 1.29 is 14.0 Å². The summed E-state index contributed by atoms with van der Waals surface area (Å²) in [7, 11) is 3.33. The van der Waals surface area contributed by atoms with E-state index < -0.39 is 0 Å². The molecule has 0 fully saturated rings. The smallest absolute Gasteiger partial charge is 0.191 e. The molecule has 29 heavy (non-hydrogen) atoms. The van der Waals surface area contributed by atoms with Gasteiger partial charge in [-0.2, -0.15) is 0 Å². The number of benzene rings is 1. The van der Waals surface area contributed by atoms with E-state index in [9.17, 15) is 0 Å². The minimum atomic E-state index is -0.0165. The Kier molecular flexibility index (Phi) is 10.3. The lowest BCUT2D eigenvalue weighted by Crippen LogP contribution is -2.39. The molecule has 2 N–H and O–H groups in total.